The highest BCUT2D eigenvalue weighted by atomic mass is 16.5. The van der Waals surface area contributed by atoms with Gasteiger partial charge in [-0.1, -0.05) is 24.3 Å². The zero-order valence-corrected chi connectivity index (χ0v) is 11.3. The zero-order valence-electron chi connectivity index (χ0n) is 11.3. The molecule has 20 heavy (non-hydrogen) atoms. The lowest BCUT2D eigenvalue weighted by molar-refractivity contribution is 0.0600. The quantitative estimate of drug-likeness (QED) is 0.849. The number of methoxy groups -OCH3 is 1. The zero-order chi connectivity index (χ0) is 14.4. The Morgan fingerprint density at radius 1 is 1.00 bits per heavy atom. The van der Waals surface area contributed by atoms with Crippen LogP contribution in [0.4, 0.5) is 0 Å². The fourth-order valence-corrected chi connectivity index (χ4v) is 1.74. The molecule has 0 amide bonds. The van der Waals surface area contributed by atoms with Gasteiger partial charge in [-0.3, -0.25) is 0 Å². The molecule has 2 aromatic carbocycles. The van der Waals surface area contributed by atoms with E-state index in [1.54, 1.807) is 12.1 Å². The molecular weight excluding hydrogens is 254 g/mol. The Balaban J connectivity index is 1.94. The van der Waals surface area contributed by atoms with Crippen LogP contribution in [0.25, 0.3) is 0 Å². The molecule has 0 saturated carbocycles. The lowest BCUT2D eigenvalue weighted by atomic mass is 10.1. The first-order valence-corrected chi connectivity index (χ1v) is 6.32. The fraction of sp³-hybridized carbons (Fsp3) is 0.188. The van der Waals surface area contributed by atoms with E-state index in [1.807, 2.05) is 36.4 Å². The molecule has 0 spiro atoms. The molecule has 4 heteroatoms. The van der Waals surface area contributed by atoms with Gasteiger partial charge in [0.2, 0.25) is 0 Å². The second kappa shape index (κ2) is 6.73. The van der Waals surface area contributed by atoms with E-state index in [0.29, 0.717) is 18.7 Å². The van der Waals surface area contributed by atoms with Crippen molar-refractivity contribution in [3.8, 4) is 5.75 Å². The average molecular weight is 271 g/mol. The summed E-state index contributed by atoms with van der Waals surface area (Å²) in [6, 6.07) is 14.8. The summed E-state index contributed by atoms with van der Waals surface area (Å²) >= 11 is 0. The summed E-state index contributed by atoms with van der Waals surface area (Å²) in [5, 5.41) is 0. The molecule has 0 fully saturated rings. The van der Waals surface area contributed by atoms with E-state index >= 15 is 0 Å². The molecular formula is C16H17NO3. The first-order chi connectivity index (χ1) is 9.72. The van der Waals surface area contributed by atoms with Crippen LogP contribution < -0.4 is 10.5 Å². The molecule has 0 aliphatic rings. The van der Waals surface area contributed by atoms with Gasteiger partial charge in [0.15, 0.2) is 0 Å². The molecule has 0 bridgehead atoms. The van der Waals surface area contributed by atoms with Crippen LogP contribution in [-0.2, 0) is 17.9 Å². The van der Waals surface area contributed by atoms with Crippen LogP contribution in [0.3, 0.4) is 0 Å². The molecule has 104 valence electrons. The van der Waals surface area contributed by atoms with E-state index in [4.69, 9.17) is 10.5 Å². The molecule has 2 rings (SSSR count). The van der Waals surface area contributed by atoms with Gasteiger partial charge in [-0.2, -0.15) is 0 Å². The van der Waals surface area contributed by atoms with E-state index in [-0.39, 0.29) is 5.97 Å². The molecule has 0 aliphatic carbocycles. The largest absolute Gasteiger partial charge is 0.489 e. The third kappa shape index (κ3) is 3.59. The van der Waals surface area contributed by atoms with Gasteiger partial charge < -0.3 is 15.2 Å². The molecule has 2 aromatic rings. The minimum absolute atomic E-state index is 0.338. The van der Waals surface area contributed by atoms with E-state index in [9.17, 15) is 4.79 Å². The van der Waals surface area contributed by atoms with Crippen LogP contribution in [0.15, 0.2) is 48.5 Å². The van der Waals surface area contributed by atoms with Crippen molar-refractivity contribution in [2.24, 2.45) is 5.73 Å². The highest BCUT2D eigenvalue weighted by Crippen LogP contribution is 2.14. The van der Waals surface area contributed by atoms with Gasteiger partial charge in [-0.25, -0.2) is 4.79 Å². The van der Waals surface area contributed by atoms with Crippen molar-refractivity contribution >= 4 is 5.97 Å². The highest BCUT2D eigenvalue weighted by molar-refractivity contribution is 5.89. The van der Waals surface area contributed by atoms with Gasteiger partial charge >= 0.3 is 5.97 Å². The topological polar surface area (TPSA) is 61.5 Å². The lowest BCUT2D eigenvalue weighted by Gasteiger charge is -2.07. The van der Waals surface area contributed by atoms with Crippen LogP contribution in [0.2, 0.25) is 0 Å². The van der Waals surface area contributed by atoms with Gasteiger partial charge in [0.05, 0.1) is 12.7 Å². The Morgan fingerprint density at radius 3 is 2.15 bits per heavy atom. The minimum atomic E-state index is -0.338. The molecule has 0 radical (unpaired) electrons. The van der Waals surface area contributed by atoms with Gasteiger partial charge in [0, 0.05) is 6.54 Å². The van der Waals surface area contributed by atoms with Crippen molar-refractivity contribution < 1.29 is 14.3 Å². The Labute approximate surface area is 118 Å². The molecule has 0 aliphatic heterocycles. The molecule has 4 nitrogen and oxygen atoms in total. The Morgan fingerprint density at radius 2 is 1.60 bits per heavy atom. The summed E-state index contributed by atoms with van der Waals surface area (Å²) in [5.74, 6) is 0.453. The Kier molecular flexibility index (Phi) is 4.74. The van der Waals surface area contributed by atoms with Crippen LogP contribution >= 0.6 is 0 Å². The number of hydrogen-bond acceptors (Lipinski definition) is 4. The lowest BCUT2D eigenvalue weighted by Crippen LogP contribution is -2.02. The first-order valence-electron chi connectivity index (χ1n) is 6.32. The summed E-state index contributed by atoms with van der Waals surface area (Å²) in [7, 11) is 1.37. The molecule has 0 atom stereocenters. The first kappa shape index (κ1) is 14.1. The van der Waals surface area contributed by atoms with Crippen molar-refractivity contribution in [3.05, 3.63) is 65.2 Å². The predicted octanol–water partition coefficient (Wildman–Crippen LogP) is 2.51. The summed E-state index contributed by atoms with van der Waals surface area (Å²) in [4.78, 5) is 11.3. The SMILES string of the molecule is COC(=O)c1ccc(COc2ccc(CN)cc2)cc1. The molecule has 0 aromatic heterocycles. The van der Waals surface area contributed by atoms with Gasteiger partial charge in [-0.15, -0.1) is 0 Å². The molecule has 0 heterocycles. The van der Waals surface area contributed by atoms with Crippen LogP contribution in [0.5, 0.6) is 5.75 Å². The van der Waals surface area contributed by atoms with Crippen molar-refractivity contribution in [2.75, 3.05) is 7.11 Å². The fourth-order valence-electron chi connectivity index (χ4n) is 1.74. The van der Waals surface area contributed by atoms with Gasteiger partial charge in [0.25, 0.3) is 0 Å². The predicted molar refractivity (Wildman–Crippen MR) is 76.4 cm³/mol. The average Bonchev–Trinajstić information content (AvgIpc) is 2.53. The minimum Gasteiger partial charge on any atom is -0.489 e. The van der Waals surface area contributed by atoms with Gasteiger partial charge in [0.1, 0.15) is 12.4 Å². The number of hydrogen-bond donors (Lipinski definition) is 1. The van der Waals surface area contributed by atoms with Crippen molar-refractivity contribution in [1.29, 1.82) is 0 Å². The highest BCUT2D eigenvalue weighted by Gasteiger charge is 2.04. The van der Waals surface area contributed by atoms with E-state index < -0.39 is 0 Å². The molecule has 2 N–H and O–H groups in total. The van der Waals surface area contributed by atoms with Gasteiger partial charge in [-0.05, 0) is 35.4 Å². The number of nitrogens with two attached hydrogens (primary N) is 1. The number of rotatable bonds is 5. The third-order valence-corrected chi connectivity index (χ3v) is 2.94. The summed E-state index contributed by atoms with van der Waals surface area (Å²) in [6.07, 6.45) is 0. The van der Waals surface area contributed by atoms with Crippen LogP contribution in [-0.4, -0.2) is 13.1 Å². The standard InChI is InChI=1S/C16H17NO3/c1-19-16(18)14-6-2-13(3-7-14)11-20-15-8-4-12(10-17)5-9-15/h2-9H,10-11,17H2,1H3. The van der Waals surface area contributed by atoms with Crippen molar-refractivity contribution in [3.63, 3.8) is 0 Å². The summed E-state index contributed by atoms with van der Waals surface area (Å²) in [6.45, 7) is 0.971. The summed E-state index contributed by atoms with van der Waals surface area (Å²) < 4.78 is 10.3. The Bertz CT molecular complexity index is 561. The number of benzene rings is 2. The maximum absolute atomic E-state index is 11.3. The normalized spacial score (nSPS) is 10.1. The maximum Gasteiger partial charge on any atom is 0.337 e. The number of esters is 1. The maximum atomic E-state index is 11.3. The van der Waals surface area contributed by atoms with Crippen LogP contribution in [0.1, 0.15) is 21.5 Å². The second-order valence-electron chi connectivity index (χ2n) is 4.33. The second-order valence-corrected chi connectivity index (χ2v) is 4.33. The third-order valence-electron chi connectivity index (χ3n) is 2.94. The van der Waals surface area contributed by atoms with Crippen molar-refractivity contribution in [2.45, 2.75) is 13.2 Å². The van der Waals surface area contributed by atoms with E-state index in [2.05, 4.69) is 4.74 Å². The number of carbonyl (C=O) groups excluding carboxylic acids is 1. The molecule has 0 saturated heterocycles. The Hall–Kier alpha value is -2.33. The van der Waals surface area contributed by atoms with Crippen molar-refractivity contribution in [1.82, 2.24) is 0 Å². The number of carbonyl (C=O) groups is 1. The number of ether oxygens (including phenoxy) is 2. The summed E-state index contributed by atoms with van der Waals surface area (Å²) in [5.41, 5.74) is 8.12. The monoisotopic (exact) mass is 271 g/mol. The van der Waals surface area contributed by atoms with E-state index in [1.165, 1.54) is 7.11 Å². The molecule has 0 unspecified atom stereocenters. The van der Waals surface area contributed by atoms with Crippen LogP contribution in [0, 0.1) is 0 Å². The smallest absolute Gasteiger partial charge is 0.337 e. The van der Waals surface area contributed by atoms with E-state index in [0.717, 1.165) is 16.9 Å².